The zero-order valence-electron chi connectivity index (χ0n) is 13.4. The summed E-state index contributed by atoms with van der Waals surface area (Å²) in [6.45, 7) is 1.88. The molecule has 0 aliphatic heterocycles. The quantitative estimate of drug-likeness (QED) is 0.820. The lowest BCUT2D eigenvalue weighted by atomic mass is 10.1. The number of carbonyl (C=O) groups excluding carboxylic acids is 2. The highest BCUT2D eigenvalue weighted by molar-refractivity contribution is 5.94. The Balaban J connectivity index is 1.90. The molecule has 5 heteroatoms. The van der Waals surface area contributed by atoms with Crippen LogP contribution in [0.1, 0.15) is 45.2 Å². The minimum atomic E-state index is -0.976. The number of amides is 1. The number of rotatable bonds is 7. The van der Waals surface area contributed by atoms with Gasteiger partial charge >= 0.3 is 5.97 Å². The second-order valence-corrected chi connectivity index (χ2v) is 5.58. The Morgan fingerprint density at radius 3 is 1.96 bits per heavy atom. The number of nitrogens with one attached hydrogen (secondary N) is 1. The molecule has 0 saturated carbocycles. The standard InChI is InChI=1S/C19H19NO4/c1-13(21)2-3-14-4-8-16(9-5-14)18(22)20-12-15-6-10-17(11-7-15)19(23)24/h4-11H,2-3,12H2,1H3,(H,20,22)(H,23,24). The van der Waals surface area contributed by atoms with Gasteiger partial charge in [0.25, 0.3) is 5.91 Å². The molecule has 0 atom stereocenters. The lowest BCUT2D eigenvalue weighted by Gasteiger charge is -2.07. The van der Waals surface area contributed by atoms with Gasteiger partial charge in [0, 0.05) is 18.5 Å². The van der Waals surface area contributed by atoms with Gasteiger partial charge in [-0.15, -0.1) is 0 Å². The molecule has 0 fully saturated rings. The van der Waals surface area contributed by atoms with E-state index in [-0.39, 0.29) is 17.3 Å². The molecule has 5 nitrogen and oxygen atoms in total. The lowest BCUT2D eigenvalue weighted by Crippen LogP contribution is -2.22. The van der Waals surface area contributed by atoms with Gasteiger partial charge in [-0.3, -0.25) is 4.79 Å². The van der Waals surface area contributed by atoms with Crippen molar-refractivity contribution in [2.24, 2.45) is 0 Å². The first-order valence-electron chi connectivity index (χ1n) is 7.64. The fraction of sp³-hybridized carbons (Fsp3) is 0.211. The van der Waals surface area contributed by atoms with E-state index >= 15 is 0 Å². The Hall–Kier alpha value is -2.95. The number of carbonyl (C=O) groups is 3. The third-order valence-corrected chi connectivity index (χ3v) is 3.64. The molecular formula is C19H19NO4. The highest BCUT2D eigenvalue weighted by Crippen LogP contribution is 2.08. The van der Waals surface area contributed by atoms with Gasteiger partial charge in [0.2, 0.25) is 0 Å². The minimum Gasteiger partial charge on any atom is -0.478 e. The van der Waals surface area contributed by atoms with E-state index < -0.39 is 5.97 Å². The molecule has 1 amide bonds. The van der Waals surface area contributed by atoms with Crippen molar-refractivity contribution in [1.82, 2.24) is 5.32 Å². The van der Waals surface area contributed by atoms with Gasteiger partial charge in [0.05, 0.1) is 5.56 Å². The lowest BCUT2D eigenvalue weighted by molar-refractivity contribution is -0.116. The van der Waals surface area contributed by atoms with Crippen LogP contribution in [0.5, 0.6) is 0 Å². The maximum absolute atomic E-state index is 12.1. The molecule has 0 saturated heterocycles. The van der Waals surface area contributed by atoms with E-state index in [0.29, 0.717) is 24.9 Å². The predicted molar refractivity (Wildman–Crippen MR) is 90.0 cm³/mol. The average Bonchev–Trinajstić information content (AvgIpc) is 2.58. The monoisotopic (exact) mass is 325 g/mol. The number of aryl methyl sites for hydroxylation is 1. The van der Waals surface area contributed by atoms with Crippen LogP contribution in [-0.2, 0) is 17.8 Å². The molecule has 0 radical (unpaired) electrons. The predicted octanol–water partition coefficient (Wildman–Crippen LogP) is 2.84. The first-order valence-corrected chi connectivity index (χ1v) is 7.64. The van der Waals surface area contributed by atoms with Crippen molar-refractivity contribution in [2.75, 3.05) is 0 Å². The van der Waals surface area contributed by atoms with E-state index in [9.17, 15) is 14.4 Å². The number of Topliss-reactive ketones (excluding diaryl/α,β-unsaturated/α-hetero) is 1. The van der Waals surface area contributed by atoms with Crippen molar-refractivity contribution in [3.8, 4) is 0 Å². The summed E-state index contributed by atoms with van der Waals surface area (Å²) in [4.78, 5) is 33.9. The number of hydrogen-bond donors (Lipinski definition) is 2. The number of ketones is 1. The first kappa shape index (κ1) is 17.4. The molecule has 0 heterocycles. The summed E-state index contributed by atoms with van der Waals surface area (Å²) in [5, 5.41) is 11.6. The summed E-state index contributed by atoms with van der Waals surface area (Å²) >= 11 is 0. The molecule has 2 N–H and O–H groups in total. The van der Waals surface area contributed by atoms with Crippen LogP contribution >= 0.6 is 0 Å². The van der Waals surface area contributed by atoms with E-state index in [1.54, 1.807) is 31.2 Å². The average molecular weight is 325 g/mol. The van der Waals surface area contributed by atoms with Gasteiger partial charge in [0.15, 0.2) is 0 Å². The van der Waals surface area contributed by atoms with Crippen LogP contribution < -0.4 is 5.32 Å². The minimum absolute atomic E-state index is 0.144. The van der Waals surface area contributed by atoms with Gasteiger partial charge < -0.3 is 15.2 Å². The summed E-state index contributed by atoms with van der Waals surface area (Å²) in [6.07, 6.45) is 1.17. The van der Waals surface area contributed by atoms with Crippen molar-refractivity contribution in [3.63, 3.8) is 0 Å². The molecule has 2 rings (SSSR count). The summed E-state index contributed by atoms with van der Waals surface area (Å²) in [5.41, 5.74) is 2.60. The summed E-state index contributed by atoms with van der Waals surface area (Å²) in [7, 11) is 0. The second kappa shape index (κ2) is 8.06. The number of carboxylic acid groups (broad SMARTS) is 1. The third-order valence-electron chi connectivity index (χ3n) is 3.64. The zero-order valence-corrected chi connectivity index (χ0v) is 13.4. The van der Waals surface area contributed by atoms with Crippen LogP contribution in [0, 0.1) is 0 Å². The fourth-order valence-corrected chi connectivity index (χ4v) is 2.19. The van der Waals surface area contributed by atoms with Gasteiger partial charge in [0.1, 0.15) is 5.78 Å². The van der Waals surface area contributed by atoms with E-state index in [2.05, 4.69) is 5.32 Å². The number of hydrogen-bond acceptors (Lipinski definition) is 3. The van der Waals surface area contributed by atoms with Gasteiger partial charge in [-0.2, -0.15) is 0 Å². The molecular weight excluding hydrogens is 306 g/mol. The smallest absolute Gasteiger partial charge is 0.335 e. The Morgan fingerprint density at radius 2 is 1.42 bits per heavy atom. The molecule has 0 bridgehead atoms. The molecule has 0 aromatic heterocycles. The van der Waals surface area contributed by atoms with Gasteiger partial charge in [-0.1, -0.05) is 24.3 Å². The normalized spacial score (nSPS) is 10.2. The summed E-state index contributed by atoms with van der Waals surface area (Å²) < 4.78 is 0. The maximum atomic E-state index is 12.1. The highest BCUT2D eigenvalue weighted by atomic mass is 16.4. The second-order valence-electron chi connectivity index (χ2n) is 5.58. The zero-order chi connectivity index (χ0) is 17.5. The topological polar surface area (TPSA) is 83.5 Å². The molecule has 0 unspecified atom stereocenters. The Morgan fingerprint density at radius 1 is 0.875 bits per heavy atom. The molecule has 0 spiro atoms. The van der Waals surface area contributed by atoms with Gasteiger partial charge in [-0.05, 0) is 48.7 Å². The largest absolute Gasteiger partial charge is 0.478 e. The molecule has 0 aliphatic rings. The number of benzene rings is 2. The molecule has 24 heavy (non-hydrogen) atoms. The van der Waals surface area contributed by atoms with E-state index in [1.807, 2.05) is 12.1 Å². The van der Waals surface area contributed by atoms with Crippen LogP contribution in [0.2, 0.25) is 0 Å². The van der Waals surface area contributed by atoms with Crippen molar-refractivity contribution < 1.29 is 19.5 Å². The molecule has 124 valence electrons. The van der Waals surface area contributed by atoms with Crippen molar-refractivity contribution in [1.29, 1.82) is 0 Å². The van der Waals surface area contributed by atoms with E-state index in [1.165, 1.54) is 12.1 Å². The molecule has 2 aromatic carbocycles. The highest BCUT2D eigenvalue weighted by Gasteiger charge is 2.07. The van der Waals surface area contributed by atoms with Crippen LogP contribution in [0.4, 0.5) is 0 Å². The van der Waals surface area contributed by atoms with Gasteiger partial charge in [-0.25, -0.2) is 4.79 Å². The molecule has 2 aromatic rings. The summed E-state index contributed by atoms with van der Waals surface area (Å²) in [5.74, 6) is -1.03. The Labute approximate surface area is 140 Å². The molecule has 0 aliphatic carbocycles. The number of aromatic carboxylic acids is 1. The SMILES string of the molecule is CC(=O)CCc1ccc(C(=O)NCc2ccc(C(=O)O)cc2)cc1. The maximum Gasteiger partial charge on any atom is 0.335 e. The Kier molecular flexibility index (Phi) is 5.84. The number of carboxylic acids is 1. The fourth-order valence-electron chi connectivity index (χ4n) is 2.19. The Bertz CT molecular complexity index is 733. The summed E-state index contributed by atoms with van der Waals surface area (Å²) in [6, 6.07) is 13.5. The van der Waals surface area contributed by atoms with E-state index in [4.69, 9.17) is 5.11 Å². The first-order chi connectivity index (χ1) is 11.5. The van der Waals surface area contributed by atoms with Crippen LogP contribution in [0.25, 0.3) is 0 Å². The van der Waals surface area contributed by atoms with Crippen LogP contribution in [0.3, 0.4) is 0 Å². The van der Waals surface area contributed by atoms with Crippen molar-refractivity contribution >= 4 is 17.7 Å². The van der Waals surface area contributed by atoms with Crippen LogP contribution in [-0.4, -0.2) is 22.8 Å². The third kappa shape index (κ3) is 5.05. The van der Waals surface area contributed by atoms with Crippen molar-refractivity contribution in [3.05, 3.63) is 70.8 Å². The van der Waals surface area contributed by atoms with Crippen molar-refractivity contribution in [2.45, 2.75) is 26.3 Å². The van der Waals surface area contributed by atoms with Crippen LogP contribution in [0.15, 0.2) is 48.5 Å². The van der Waals surface area contributed by atoms with E-state index in [0.717, 1.165) is 11.1 Å².